The molecule has 0 fully saturated rings. The number of carbonyl (C=O) groups is 1. The number of aliphatic carboxylic acids is 1. The maximum atomic E-state index is 10.9. The van der Waals surface area contributed by atoms with E-state index in [1.165, 1.54) is 0 Å². The molecule has 0 aliphatic rings. The second-order valence-corrected chi connectivity index (χ2v) is 5.06. The van der Waals surface area contributed by atoms with Gasteiger partial charge >= 0.3 is 5.97 Å². The summed E-state index contributed by atoms with van der Waals surface area (Å²) in [5, 5.41) is 12.2. The quantitative estimate of drug-likeness (QED) is 0.815. The Bertz CT molecular complexity index is 415. The summed E-state index contributed by atoms with van der Waals surface area (Å²) in [6, 6.07) is 7.66. The maximum absolute atomic E-state index is 10.9. The summed E-state index contributed by atoms with van der Waals surface area (Å²) in [6.45, 7) is 3.89. The van der Waals surface area contributed by atoms with Gasteiger partial charge in [0.25, 0.3) is 0 Å². The predicted molar refractivity (Wildman–Crippen MR) is 70.8 cm³/mol. The fraction of sp³-hybridized carbons (Fsp3) is 0.500. The van der Waals surface area contributed by atoms with E-state index in [4.69, 9.17) is 9.84 Å². The molecule has 0 saturated heterocycles. The van der Waals surface area contributed by atoms with Gasteiger partial charge in [0.2, 0.25) is 0 Å². The lowest BCUT2D eigenvalue weighted by atomic mass is 9.78. The van der Waals surface area contributed by atoms with Gasteiger partial charge in [-0.1, -0.05) is 26.0 Å². The molecule has 4 nitrogen and oxygen atoms in total. The highest BCUT2D eigenvalue weighted by molar-refractivity contribution is 5.67. The summed E-state index contributed by atoms with van der Waals surface area (Å²) in [4.78, 5) is 10.9. The Morgan fingerprint density at radius 1 is 1.50 bits per heavy atom. The number of carboxylic acids is 1. The van der Waals surface area contributed by atoms with E-state index in [9.17, 15) is 4.79 Å². The Hall–Kier alpha value is -1.55. The molecule has 1 aromatic carbocycles. The van der Waals surface area contributed by atoms with Crippen molar-refractivity contribution in [2.75, 3.05) is 14.2 Å². The van der Waals surface area contributed by atoms with Crippen LogP contribution in [0.2, 0.25) is 0 Å². The first-order valence-corrected chi connectivity index (χ1v) is 5.93. The highest BCUT2D eigenvalue weighted by atomic mass is 16.5. The van der Waals surface area contributed by atoms with Crippen LogP contribution in [-0.4, -0.2) is 25.2 Å². The fourth-order valence-corrected chi connectivity index (χ4v) is 2.32. The van der Waals surface area contributed by atoms with Crippen LogP contribution in [-0.2, 0) is 4.79 Å². The average molecular weight is 251 g/mol. The zero-order chi connectivity index (χ0) is 13.8. The van der Waals surface area contributed by atoms with Gasteiger partial charge in [-0.25, -0.2) is 0 Å². The zero-order valence-electron chi connectivity index (χ0n) is 11.4. The van der Waals surface area contributed by atoms with E-state index in [-0.39, 0.29) is 17.9 Å². The van der Waals surface area contributed by atoms with E-state index in [0.717, 1.165) is 11.3 Å². The molecule has 4 heteroatoms. The van der Waals surface area contributed by atoms with Crippen LogP contribution in [0.15, 0.2) is 24.3 Å². The Morgan fingerprint density at radius 2 is 2.17 bits per heavy atom. The lowest BCUT2D eigenvalue weighted by Crippen LogP contribution is -2.33. The third-order valence-corrected chi connectivity index (χ3v) is 3.10. The molecular formula is C14H21NO3. The summed E-state index contributed by atoms with van der Waals surface area (Å²) in [7, 11) is 3.46. The lowest BCUT2D eigenvalue weighted by Gasteiger charge is -2.33. The first kappa shape index (κ1) is 14.5. The van der Waals surface area contributed by atoms with Crippen molar-refractivity contribution in [3.8, 4) is 5.75 Å². The van der Waals surface area contributed by atoms with Gasteiger partial charge < -0.3 is 15.2 Å². The number of hydrogen-bond donors (Lipinski definition) is 2. The number of methoxy groups -OCH3 is 1. The Kier molecular flexibility index (Phi) is 4.73. The molecular weight excluding hydrogens is 230 g/mol. The molecule has 0 aromatic heterocycles. The number of hydrogen-bond acceptors (Lipinski definition) is 3. The molecule has 0 radical (unpaired) electrons. The molecule has 0 heterocycles. The van der Waals surface area contributed by atoms with Crippen LogP contribution in [0.1, 0.15) is 31.9 Å². The zero-order valence-corrected chi connectivity index (χ0v) is 11.4. The molecule has 0 saturated carbocycles. The Balaban J connectivity index is 3.04. The van der Waals surface area contributed by atoms with Crippen molar-refractivity contribution in [3.05, 3.63) is 29.8 Å². The van der Waals surface area contributed by atoms with Crippen LogP contribution in [0, 0.1) is 5.41 Å². The smallest absolute Gasteiger partial charge is 0.303 e. The summed E-state index contributed by atoms with van der Waals surface area (Å²) in [5.74, 6) is -0.0120. The van der Waals surface area contributed by atoms with Crippen molar-refractivity contribution in [3.63, 3.8) is 0 Å². The second kappa shape index (κ2) is 5.87. The lowest BCUT2D eigenvalue weighted by molar-refractivity contribution is -0.139. The molecule has 1 unspecified atom stereocenters. The minimum absolute atomic E-state index is 0.0382. The molecule has 0 spiro atoms. The van der Waals surface area contributed by atoms with Gasteiger partial charge in [0.1, 0.15) is 5.75 Å². The highest BCUT2D eigenvalue weighted by Crippen LogP contribution is 2.37. The van der Waals surface area contributed by atoms with Gasteiger partial charge in [-0.15, -0.1) is 0 Å². The standard InChI is InChI=1S/C14H21NO3/c1-14(2,9-12(16)17)13(15-3)10-6-5-7-11(8-10)18-4/h5-8,13,15H,9H2,1-4H3,(H,16,17). The minimum atomic E-state index is -0.789. The number of nitrogens with one attached hydrogen (secondary N) is 1. The van der Waals surface area contributed by atoms with Gasteiger partial charge in [-0.2, -0.15) is 0 Å². The minimum Gasteiger partial charge on any atom is -0.497 e. The van der Waals surface area contributed by atoms with Crippen LogP contribution in [0.25, 0.3) is 0 Å². The Morgan fingerprint density at radius 3 is 2.67 bits per heavy atom. The van der Waals surface area contributed by atoms with Crippen molar-refractivity contribution >= 4 is 5.97 Å². The summed E-state index contributed by atoms with van der Waals surface area (Å²) >= 11 is 0. The monoisotopic (exact) mass is 251 g/mol. The normalized spacial score (nSPS) is 13.1. The number of carboxylic acid groups (broad SMARTS) is 1. The topological polar surface area (TPSA) is 58.6 Å². The molecule has 1 atom stereocenters. The van der Waals surface area contributed by atoms with Crippen LogP contribution >= 0.6 is 0 Å². The molecule has 1 aromatic rings. The van der Waals surface area contributed by atoms with Crippen molar-refractivity contribution in [2.24, 2.45) is 5.41 Å². The molecule has 100 valence electrons. The SMILES string of the molecule is CNC(c1cccc(OC)c1)C(C)(C)CC(=O)O. The van der Waals surface area contributed by atoms with E-state index in [1.54, 1.807) is 7.11 Å². The molecule has 2 N–H and O–H groups in total. The summed E-state index contributed by atoms with van der Waals surface area (Å²) in [5.41, 5.74) is 0.649. The van der Waals surface area contributed by atoms with E-state index in [0.29, 0.717) is 0 Å². The molecule has 0 amide bonds. The van der Waals surface area contributed by atoms with Crippen molar-refractivity contribution < 1.29 is 14.6 Å². The van der Waals surface area contributed by atoms with Crippen LogP contribution < -0.4 is 10.1 Å². The van der Waals surface area contributed by atoms with E-state index in [2.05, 4.69) is 5.32 Å². The summed E-state index contributed by atoms with van der Waals surface area (Å²) < 4.78 is 5.20. The largest absolute Gasteiger partial charge is 0.497 e. The molecule has 1 rings (SSSR count). The van der Waals surface area contributed by atoms with Crippen LogP contribution in [0.5, 0.6) is 5.75 Å². The molecule has 0 aliphatic carbocycles. The fourth-order valence-electron chi connectivity index (χ4n) is 2.32. The number of ether oxygens (including phenoxy) is 1. The number of benzene rings is 1. The van der Waals surface area contributed by atoms with Gasteiger partial charge in [0.15, 0.2) is 0 Å². The average Bonchev–Trinajstić information content (AvgIpc) is 2.28. The third kappa shape index (κ3) is 3.47. The van der Waals surface area contributed by atoms with Gasteiger partial charge in [-0.05, 0) is 30.2 Å². The maximum Gasteiger partial charge on any atom is 0.303 e. The molecule has 0 bridgehead atoms. The first-order valence-electron chi connectivity index (χ1n) is 5.93. The van der Waals surface area contributed by atoms with Crippen molar-refractivity contribution in [2.45, 2.75) is 26.3 Å². The summed E-state index contributed by atoms with van der Waals surface area (Å²) in [6.07, 6.45) is 0.107. The first-order chi connectivity index (χ1) is 8.40. The Labute approximate surface area is 108 Å². The second-order valence-electron chi connectivity index (χ2n) is 5.06. The van der Waals surface area contributed by atoms with E-state index in [1.807, 2.05) is 45.2 Å². The van der Waals surface area contributed by atoms with Crippen LogP contribution in [0.3, 0.4) is 0 Å². The predicted octanol–water partition coefficient (Wildman–Crippen LogP) is 2.46. The van der Waals surface area contributed by atoms with E-state index < -0.39 is 5.97 Å². The third-order valence-electron chi connectivity index (χ3n) is 3.10. The van der Waals surface area contributed by atoms with Gasteiger partial charge in [-0.3, -0.25) is 4.79 Å². The van der Waals surface area contributed by atoms with E-state index >= 15 is 0 Å². The van der Waals surface area contributed by atoms with Gasteiger partial charge in [0.05, 0.1) is 13.5 Å². The number of rotatable bonds is 6. The van der Waals surface area contributed by atoms with Crippen molar-refractivity contribution in [1.82, 2.24) is 5.32 Å². The molecule has 0 aliphatic heterocycles. The van der Waals surface area contributed by atoms with Crippen molar-refractivity contribution in [1.29, 1.82) is 0 Å². The highest BCUT2D eigenvalue weighted by Gasteiger charge is 2.32. The van der Waals surface area contributed by atoms with Gasteiger partial charge in [0, 0.05) is 6.04 Å². The van der Waals surface area contributed by atoms with Crippen LogP contribution in [0.4, 0.5) is 0 Å². The molecule has 18 heavy (non-hydrogen) atoms.